The van der Waals surface area contributed by atoms with Gasteiger partial charge in [0.2, 0.25) is 0 Å². The van der Waals surface area contributed by atoms with Gasteiger partial charge in [-0.3, -0.25) is 0 Å². The molecule has 0 radical (unpaired) electrons. The summed E-state index contributed by atoms with van der Waals surface area (Å²) in [5.74, 6) is 0.637. The van der Waals surface area contributed by atoms with Gasteiger partial charge in [0.05, 0.1) is 16.6 Å². The molecule has 0 saturated heterocycles. The molecule has 3 nitrogen and oxygen atoms in total. The Morgan fingerprint density at radius 1 is 1.18 bits per heavy atom. The van der Waals surface area contributed by atoms with E-state index in [1.807, 2.05) is 0 Å². The van der Waals surface area contributed by atoms with Crippen LogP contribution in [0, 0.1) is 5.92 Å². The van der Waals surface area contributed by atoms with Gasteiger partial charge in [-0.25, -0.2) is 8.42 Å². The van der Waals surface area contributed by atoms with Crippen molar-refractivity contribution in [2.75, 3.05) is 5.75 Å². The van der Waals surface area contributed by atoms with E-state index >= 15 is 0 Å². The number of rotatable bonds is 3. The number of sulfone groups is 1. The first-order chi connectivity index (χ1) is 7.72. The van der Waals surface area contributed by atoms with Crippen molar-refractivity contribution in [3.05, 3.63) is 0 Å². The molecule has 0 spiro atoms. The molecule has 4 heteroatoms. The van der Waals surface area contributed by atoms with Crippen LogP contribution < -0.4 is 0 Å². The molecule has 0 bridgehead atoms. The van der Waals surface area contributed by atoms with E-state index in [0.29, 0.717) is 12.3 Å². The highest BCUT2D eigenvalue weighted by Gasteiger charge is 2.30. The number of aliphatic hydroxyl groups excluding tert-OH is 1. The van der Waals surface area contributed by atoms with Crippen LogP contribution in [0.5, 0.6) is 0 Å². The maximum Gasteiger partial charge on any atom is 0.155 e. The summed E-state index contributed by atoms with van der Waals surface area (Å²) in [6.45, 7) is 5.26. The largest absolute Gasteiger partial charge is 0.393 e. The zero-order valence-corrected chi connectivity index (χ0v) is 12.1. The van der Waals surface area contributed by atoms with Crippen LogP contribution in [0.15, 0.2) is 0 Å². The molecule has 1 aliphatic carbocycles. The van der Waals surface area contributed by atoms with E-state index in [-0.39, 0.29) is 11.9 Å². The van der Waals surface area contributed by atoms with Crippen molar-refractivity contribution in [1.29, 1.82) is 0 Å². The number of aliphatic hydroxyl groups is 1. The maximum absolute atomic E-state index is 12.0. The van der Waals surface area contributed by atoms with Crippen LogP contribution >= 0.6 is 0 Å². The van der Waals surface area contributed by atoms with Crippen LogP contribution in [0.1, 0.15) is 59.3 Å². The average molecular weight is 262 g/mol. The lowest BCUT2D eigenvalue weighted by atomic mass is 9.97. The van der Waals surface area contributed by atoms with Crippen molar-refractivity contribution in [2.45, 2.75) is 70.1 Å². The summed E-state index contributed by atoms with van der Waals surface area (Å²) >= 11 is 0. The van der Waals surface area contributed by atoms with Crippen LogP contribution in [-0.4, -0.2) is 30.1 Å². The summed E-state index contributed by atoms with van der Waals surface area (Å²) in [5.41, 5.74) is 0. The predicted octanol–water partition coefficient (Wildman–Crippen LogP) is 2.53. The molecule has 102 valence electrons. The third-order valence-corrected chi connectivity index (χ3v) is 6.37. The van der Waals surface area contributed by atoms with Crippen molar-refractivity contribution >= 4 is 9.84 Å². The monoisotopic (exact) mass is 262 g/mol. The lowest BCUT2D eigenvalue weighted by molar-refractivity contribution is 0.140. The molecule has 1 N–H and O–H groups in total. The van der Waals surface area contributed by atoms with Crippen molar-refractivity contribution in [3.63, 3.8) is 0 Å². The lowest BCUT2D eigenvalue weighted by Gasteiger charge is -2.22. The van der Waals surface area contributed by atoms with Gasteiger partial charge in [0.15, 0.2) is 9.84 Å². The Morgan fingerprint density at radius 2 is 1.76 bits per heavy atom. The van der Waals surface area contributed by atoms with Gasteiger partial charge < -0.3 is 5.11 Å². The van der Waals surface area contributed by atoms with Gasteiger partial charge >= 0.3 is 0 Å². The summed E-state index contributed by atoms with van der Waals surface area (Å²) < 4.78 is 23.3. The van der Waals surface area contributed by atoms with E-state index in [9.17, 15) is 13.5 Å². The molecule has 0 aromatic carbocycles. The third kappa shape index (κ3) is 4.59. The Morgan fingerprint density at radius 3 is 2.35 bits per heavy atom. The van der Waals surface area contributed by atoms with E-state index in [1.54, 1.807) is 20.8 Å². The highest BCUT2D eigenvalue weighted by Crippen LogP contribution is 2.27. The molecule has 0 aromatic rings. The van der Waals surface area contributed by atoms with Gasteiger partial charge in [0.25, 0.3) is 0 Å². The molecular weight excluding hydrogens is 236 g/mol. The van der Waals surface area contributed by atoms with Crippen LogP contribution in [0.2, 0.25) is 0 Å². The smallest absolute Gasteiger partial charge is 0.155 e. The van der Waals surface area contributed by atoms with Crippen molar-refractivity contribution in [1.82, 2.24) is 0 Å². The first-order valence-electron chi connectivity index (χ1n) is 6.63. The minimum absolute atomic E-state index is 0.222. The number of hydrogen-bond acceptors (Lipinski definition) is 3. The normalized spacial score (nSPS) is 27.8. The minimum atomic E-state index is -3.01. The Hall–Kier alpha value is -0.0900. The quantitative estimate of drug-likeness (QED) is 0.795. The molecule has 0 aromatic heterocycles. The molecule has 1 rings (SSSR count). The molecule has 1 saturated carbocycles. The van der Waals surface area contributed by atoms with Gasteiger partial charge in [0, 0.05) is 0 Å². The minimum Gasteiger partial charge on any atom is -0.393 e. The van der Waals surface area contributed by atoms with Crippen LogP contribution in [-0.2, 0) is 9.84 Å². The summed E-state index contributed by atoms with van der Waals surface area (Å²) in [5, 5.41) is 9.70. The second-order valence-electron chi connectivity index (χ2n) is 6.26. The van der Waals surface area contributed by atoms with E-state index in [2.05, 4.69) is 0 Å². The average Bonchev–Trinajstić information content (AvgIpc) is 2.38. The predicted molar refractivity (Wildman–Crippen MR) is 70.7 cm³/mol. The Labute approximate surface area is 106 Å². The first-order valence-corrected chi connectivity index (χ1v) is 8.28. The van der Waals surface area contributed by atoms with Gasteiger partial charge in [-0.15, -0.1) is 0 Å². The van der Waals surface area contributed by atoms with Gasteiger partial charge in [-0.2, -0.15) is 0 Å². The standard InChI is InChI=1S/C13H26O3S/c1-13(2,3)17(15,16)9-8-11-6-4-5-7-12(14)10-11/h11-12,14H,4-10H2,1-3H3. The fourth-order valence-electron chi connectivity index (χ4n) is 2.32. The summed E-state index contributed by atoms with van der Waals surface area (Å²) in [4.78, 5) is 0. The fraction of sp³-hybridized carbons (Fsp3) is 1.00. The van der Waals surface area contributed by atoms with Crippen LogP contribution in [0.3, 0.4) is 0 Å². The van der Waals surface area contributed by atoms with Crippen molar-refractivity contribution in [3.8, 4) is 0 Å². The van der Waals surface area contributed by atoms with E-state index in [4.69, 9.17) is 0 Å². The third-order valence-electron chi connectivity index (χ3n) is 3.73. The molecule has 2 unspecified atom stereocenters. The first kappa shape index (κ1) is 15.0. The van der Waals surface area contributed by atoms with E-state index in [0.717, 1.165) is 32.1 Å². The van der Waals surface area contributed by atoms with Gasteiger partial charge in [-0.05, 0) is 46.0 Å². The lowest BCUT2D eigenvalue weighted by Crippen LogP contribution is -2.31. The molecule has 1 aliphatic rings. The summed E-state index contributed by atoms with van der Waals surface area (Å²) in [6.07, 6.45) is 5.40. The summed E-state index contributed by atoms with van der Waals surface area (Å²) in [6, 6.07) is 0. The van der Waals surface area contributed by atoms with E-state index in [1.165, 1.54) is 0 Å². The molecule has 17 heavy (non-hydrogen) atoms. The zero-order chi connectivity index (χ0) is 13.1. The SMILES string of the molecule is CC(C)(C)S(=O)(=O)CCC1CCCCC(O)C1. The molecule has 0 amide bonds. The highest BCUT2D eigenvalue weighted by atomic mass is 32.2. The molecule has 2 atom stereocenters. The summed E-state index contributed by atoms with van der Waals surface area (Å²) in [7, 11) is -3.01. The molecule has 0 aliphatic heterocycles. The number of hydrogen-bond donors (Lipinski definition) is 1. The molecule has 0 heterocycles. The fourth-order valence-corrected chi connectivity index (χ4v) is 3.58. The van der Waals surface area contributed by atoms with Gasteiger partial charge in [0.1, 0.15) is 0 Å². The highest BCUT2D eigenvalue weighted by molar-refractivity contribution is 7.92. The van der Waals surface area contributed by atoms with Crippen molar-refractivity contribution in [2.24, 2.45) is 5.92 Å². The second-order valence-corrected chi connectivity index (χ2v) is 9.12. The molecular formula is C13H26O3S. The van der Waals surface area contributed by atoms with Crippen molar-refractivity contribution < 1.29 is 13.5 Å². The van der Waals surface area contributed by atoms with Crippen LogP contribution in [0.25, 0.3) is 0 Å². The second kappa shape index (κ2) is 5.70. The van der Waals surface area contributed by atoms with Crippen LogP contribution in [0.4, 0.5) is 0 Å². The Bertz CT molecular complexity index is 327. The Kier molecular flexibility index (Phi) is 5.02. The zero-order valence-electron chi connectivity index (χ0n) is 11.3. The topological polar surface area (TPSA) is 54.4 Å². The Balaban J connectivity index is 2.50. The maximum atomic E-state index is 12.0. The van der Waals surface area contributed by atoms with E-state index < -0.39 is 14.6 Å². The van der Waals surface area contributed by atoms with Gasteiger partial charge in [-0.1, -0.05) is 19.3 Å². The molecule has 1 fully saturated rings.